The molecule has 0 saturated carbocycles. The fourth-order valence-electron chi connectivity index (χ4n) is 1.70. The number of rotatable bonds is 7. The van der Waals surface area contributed by atoms with E-state index in [0.29, 0.717) is 18.7 Å². The zero-order valence-electron chi connectivity index (χ0n) is 10.2. The van der Waals surface area contributed by atoms with Crippen LogP contribution in [0.5, 0.6) is 0 Å². The predicted molar refractivity (Wildman–Crippen MR) is 66.9 cm³/mol. The van der Waals surface area contributed by atoms with E-state index < -0.39 is 0 Å². The fraction of sp³-hybridized carbons (Fsp3) is 0.385. The lowest BCUT2D eigenvalue weighted by atomic mass is 10.3. The van der Waals surface area contributed by atoms with E-state index in [4.69, 9.17) is 4.42 Å². The molecule has 0 atom stereocenters. The van der Waals surface area contributed by atoms with E-state index in [1.807, 2.05) is 10.8 Å². The molecule has 0 radical (unpaired) electrons. The molecule has 0 aliphatic rings. The third-order valence-corrected chi connectivity index (χ3v) is 2.64. The zero-order valence-corrected chi connectivity index (χ0v) is 10.2. The molecule has 5 nitrogen and oxygen atoms in total. The minimum atomic E-state index is 0.00702. The Morgan fingerprint density at radius 3 is 3.11 bits per heavy atom. The van der Waals surface area contributed by atoms with Gasteiger partial charge < -0.3 is 14.3 Å². The minimum Gasteiger partial charge on any atom is -0.469 e. The molecule has 1 N–H and O–H groups in total. The Kier molecular flexibility index (Phi) is 4.58. The number of carbonyl (C=O) groups excluding carboxylic acids is 1. The lowest BCUT2D eigenvalue weighted by Crippen LogP contribution is -2.26. The van der Waals surface area contributed by atoms with Crippen LogP contribution in [0.4, 0.5) is 0 Å². The standard InChI is InChI=1S/C13H17N3O2/c17-13(10-12-4-3-9-18-12)15-5-1-2-7-16-8-6-14-11-16/h3-4,6,8-9,11H,1-2,5,7,10H2,(H,15,17). The summed E-state index contributed by atoms with van der Waals surface area (Å²) < 4.78 is 7.14. The molecular weight excluding hydrogens is 230 g/mol. The topological polar surface area (TPSA) is 60.1 Å². The predicted octanol–water partition coefficient (Wildman–Crippen LogP) is 1.62. The molecular formula is C13H17N3O2. The van der Waals surface area contributed by atoms with Crippen molar-refractivity contribution in [2.45, 2.75) is 25.8 Å². The number of amides is 1. The molecule has 0 saturated heterocycles. The summed E-state index contributed by atoms with van der Waals surface area (Å²) in [7, 11) is 0. The van der Waals surface area contributed by atoms with Crippen LogP contribution in [0.3, 0.4) is 0 Å². The molecule has 96 valence electrons. The van der Waals surface area contributed by atoms with Gasteiger partial charge in [0, 0.05) is 25.5 Å². The zero-order chi connectivity index (χ0) is 12.6. The van der Waals surface area contributed by atoms with Crippen LogP contribution < -0.4 is 5.32 Å². The molecule has 0 fully saturated rings. The summed E-state index contributed by atoms with van der Waals surface area (Å²) in [6.45, 7) is 1.64. The van der Waals surface area contributed by atoms with Crippen molar-refractivity contribution in [3.8, 4) is 0 Å². The van der Waals surface area contributed by atoms with Gasteiger partial charge in [-0.1, -0.05) is 0 Å². The van der Waals surface area contributed by atoms with Gasteiger partial charge in [-0.05, 0) is 25.0 Å². The Balaban J connectivity index is 1.54. The van der Waals surface area contributed by atoms with Gasteiger partial charge in [-0.25, -0.2) is 4.98 Å². The van der Waals surface area contributed by atoms with Crippen molar-refractivity contribution in [3.05, 3.63) is 42.9 Å². The molecule has 0 unspecified atom stereocenters. The second kappa shape index (κ2) is 6.64. The second-order valence-corrected chi connectivity index (χ2v) is 4.11. The SMILES string of the molecule is O=C(Cc1ccco1)NCCCCn1ccnc1. The van der Waals surface area contributed by atoms with Gasteiger partial charge in [0.2, 0.25) is 5.91 Å². The molecule has 2 aromatic rings. The Hall–Kier alpha value is -2.04. The number of unbranched alkanes of at least 4 members (excludes halogenated alkanes) is 1. The third kappa shape index (κ3) is 4.08. The molecule has 0 spiro atoms. The maximum atomic E-state index is 11.5. The summed E-state index contributed by atoms with van der Waals surface area (Å²) >= 11 is 0. The number of nitrogens with zero attached hydrogens (tertiary/aromatic N) is 2. The number of furan rings is 1. The van der Waals surface area contributed by atoms with E-state index >= 15 is 0 Å². The van der Waals surface area contributed by atoms with Crippen LogP contribution in [0.1, 0.15) is 18.6 Å². The largest absolute Gasteiger partial charge is 0.469 e. The van der Waals surface area contributed by atoms with Crippen molar-refractivity contribution < 1.29 is 9.21 Å². The van der Waals surface area contributed by atoms with Crippen molar-refractivity contribution in [1.82, 2.24) is 14.9 Å². The molecule has 2 heterocycles. The Morgan fingerprint density at radius 2 is 2.39 bits per heavy atom. The van der Waals surface area contributed by atoms with Gasteiger partial charge in [-0.3, -0.25) is 4.79 Å². The molecule has 2 rings (SSSR count). The van der Waals surface area contributed by atoms with Gasteiger partial charge >= 0.3 is 0 Å². The van der Waals surface area contributed by atoms with Crippen LogP contribution in [0.15, 0.2) is 41.5 Å². The van der Waals surface area contributed by atoms with Crippen molar-refractivity contribution >= 4 is 5.91 Å². The van der Waals surface area contributed by atoms with Crippen molar-refractivity contribution in [2.24, 2.45) is 0 Å². The first-order valence-electron chi connectivity index (χ1n) is 6.09. The Morgan fingerprint density at radius 1 is 1.44 bits per heavy atom. The lowest BCUT2D eigenvalue weighted by Gasteiger charge is -2.04. The van der Waals surface area contributed by atoms with E-state index in [2.05, 4.69) is 10.3 Å². The van der Waals surface area contributed by atoms with Crippen molar-refractivity contribution in [1.29, 1.82) is 0 Å². The molecule has 0 aliphatic carbocycles. The average Bonchev–Trinajstić information content (AvgIpc) is 3.01. The summed E-state index contributed by atoms with van der Waals surface area (Å²) in [5, 5.41) is 2.88. The van der Waals surface area contributed by atoms with Crippen LogP contribution in [0.2, 0.25) is 0 Å². The van der Waals surface area contributed by atoms with Crippen molar-refractivity contribution in [3.63, 3.8) is 0 Å². The highest BCUT2D eigenvalue weighted by Gasteiger charge is 2.04. The smallest absolute Gasteiger partial charge is 0.227 e. The summed E-state index contributed by atoms with van der Waals surface area (Å²) in [6.07, 6.45) is 9.39. The maximum Gasteiger partial charge on any atom is 0.227 e. The van der Waals surface area contributed by atoms with Crippen LogP contribution >= 0.6 is 0 Å². The van der Waals surface area contributed by atoms with E-state index in [1.54, 1.807) is 30.9 Å². The minimum absolute atomic E-state index is 0.00702. The number of imidazole rings is 1. The number of hydrogen-bond acceptors (Lipinski definition) is 3. The Labute approximate surface area is 106 Å². The van der Waals surface area contributed by atoms with Crippen LogP contribution in [0.25, 0.3) is 0 Å². The highest BCUT2D eigenvalue weighted by atomic mass is 16.3. The van der Waals surface area contributed by atoms with E-state index in [1.165, 1.54) is 0 Å². The summed E-state index contributed by atoms with van der Waals surface area (Å²) in [5.41, 5.74) is 0. The van der Waals surface area contributed by atoms with Gasteiger partial charge in [0.25, 0.3) is 0 Å². The lowest BCUT2D eigenvalue weighted by molar-refractivity contribution is -0.120. The first-order chi connectivity index (χ1) is 8.84. The summed E-state index contributed by atoms with van der Waals surface area (Å²) in [5.74, 6) is 0.707. The van der Waals surface area contributed by atoms with Crippen LogP contribution in [-0.2, 0) is 17.8 Å². The first kappa shape index (κ1) is 12.4. The Bertz CT molecular complexity index is 449. The van der Waals surface area contributed by atoms with Gasteiger partial charge in [0.15, 0.2) is 0 Å². The first-order valence-corrected chi connectivity index (χ1v) is 6.09. The maximum absolute atomic E-state index is 11.5. The molecule has 0 aliphatic heterocycles. The molecule has 1 amide bonds. The van der Waals surface area contributed by atoms with Gasteiger partial charge in [-0.15, -0.1) is 0 Å². The van der Waals surface area contributed by atoms with E-state index in [0.717, 1.165) is 19.4 Å². The summed E-state index contributed by atoms with van der Waals surface area (Å²) in [4.78, 5) is 15.5. The van der Waals surface area contributed by atoms with E-state index in [-0.39, 0.29) is 5.91 Å². The molecule has 0 bridgehead atoms. The highest BCUT2D eigenvalue weighted by molar-refractivity contribution is 5.77. The molecule has 2 aromatic heterocycles. The second-order valence-electron chi connectivity index (χ2n) is 4.11. The highest BCUT2D eigenvalue weighted by Crippen LogP contribution is 2.00. The third-order valence-electron chi connectivity index (χ3n) is 2.64. The number of aromatic nitrogens is 2. The molecule has 18 heavy (non-hydrogen) atoms. The number of hydrogen-bond donors (Lipinski definition) is 1. The number of nitrogens with one attached hydrogen (secondary N) is 1. The van der Waals surface area contributed by atoms with Crippen LogP contribution in [-0.4, -0.2) is 22.0 Å². The average molecular weight is 247 g/mol. The normalized spacial score (nSPS) is 10.4. The number of aryl methyl sites for hydroxylation is 1. The number of carbonyl (C=O) groups is 1. The van der Waals surface area contributed by atoms with Crippen LogP contribution in [0, 0.1) is 0 Å². The molecule has 0 aromatic carbocycles. The van der Waals surface area contributed by atoms with Gasteiger partial charge in [0.1, 0.15) is 5.76 Å². The summed E-state index contributed by atoms with van der Waals surface area (Å²) in [6, 6.07) is 3.59. The monoisotopic (exact) mass is 247 g/mol. The fourth-order valence-corrected chi connectivity index (χ4v) is 1.70. The van der Waals surface area contributed by atoms with Gasteiger partial charge in [-0.2, -0.15) is 0 Å². The van der Waals surface area contributed by atoms with Crippen molar-refractivity contribution in [2.75, 3.05) is 6.54 Å². The van der Waals surface area contributed by atoms with Gasteiger partial charge in [0.05, 0.1) is 19.0 Å². The molecule has 5 heteroatoms. The van der Waals surface area contributed by atoms with E-state index in [9.17, 15) is 4.79 Å². The quantitative estimate of drug-likeness (QED) is 0.756.